The average Bonchev–Trinajstić information content (AvgIpc) is 3.67. The third-order valence-corrected chi connectivity index (χ3v) is 6.49. The maximum Gasteiger partial charge on any atom is 0.261 e. The number of amides is 2. The van der Waals surface area contributed by atoms with Gasteiger partial charge in [-0.05, 0) is 30.2 Å². The Kier molecular flexibility index (Phi) is 8.13. The van der Waals surface area contributed by atoms with Gasteiger partial charge < -0.3 is 29.9 Å². The summed E-state index contributed by atoms with van der Waals surface area (Å²) in [5, 5.41) is 12.8. The SMILES string of the molecule is BC(B)(B)NC(=O)c1cnc(NC(=O)C2CC2)cc1Nc1cccc(-c2nc(CN3CCOCC3)no2)c1OC. The van der Waals surface area contributed by atoms with Crippen LogP contribution in [0.1, 0.15) is 29.0 Å². The molecule has 1 aliphatic heterocycles. The van der Waals surface area contributed by atoms with Crippen molar-refractivity contribution in [2.75, 3.05) is 44.0 Å². The summed E-state index contributed by atoms with van der Waals surface area (Å²) in [5.74, 6) is 1.35. The highest BCUT2D eigenvalue weighted by atomic mass is 16.5. The van der Waals surface area contributed by atoms with Gasteiger partial charge in [-0.2, -0.15) is 4.98 Å². The molecule has 3 N–H and O–H groups in total. The number of rotatable bonds is 10. The van der Waals surface area contributed by atoms with E-state index in [4.69, 9.17) is 14.0 Å². The Morgan fingerprint density at radius 1 is 1.18 bits per heavy atom. The van der Waals surface area contributed by atoms with Crippen LogP contribution in [0, 0.1) is 5.92 Å². The van der Waals surface area contributed by atoms with E-state index in [1.54, 1.807) is 13.2 Å². The normalized spacial score (nSPS) is 15.8. The molecule has 2 aliphatic rings. The van der Waals surface area contributed by atoms with Crippen LogP contribution < -0.4 is 20.7 Å². The quantitative estimate of drug-likeness (QED) is 0.281. The van der Waals surface area contributed by atoms with E-state index in [9.17, 15) is 9.59 Å². The second-order valence-electron chi connectivity index (χ2n) is 11.0. The van der Waals surface area contributed by atoms with Gasteiger partial charge in [0.25, 0.3) is 11.8 Å². The fourth-order valence-electron chi connectivity index (χ4n) is 4.35. The summed E-state index contributed by atoms with van der Waals surface area (Å²) in [5.41, 5.74) is 1.95. The first-order valence-electron chi connectivity index (χ1n) is 13.4. The van der Waals surface area contributed by atoms with Crippen LogP contribution in [0.15, 0.2) is 35.0 Å². The molecule has 0 spiro atoms. The van der Waals surface area contributed by atoms with E-state index in [1.807, 2.05) is 41.7 Å². The number of morpholine rings is 1. The number of hydrogen-bond acceptors (Lipinski definition) is 10. The molecule has 2 amide bonds. The summed E-state index contributed by atoms with van der Waals surface area (Å²) in [6.45, 7) is 3.55. The number of ether oxygens (including phenoxy) is 2. The molecular formula is C25H32B3N7O5. The number of para-hydroxylation sites is 1. The molecule has 2 fully saturated rings. The van der Waals surface area contributed by atoms with E-state index in [0.717, 1.165) is 25.9 Å². The zero-order valence-electron chi connectivity index (χ0n) is 23.2. The standard InChI is InChI=1S/C25H32B3N7O5/c1-38-21-15(24-32-20(34-40-24)13-35-7-9-39-10-8-35)3-2-4-17(21)30-18-11-19(31-22(36)14-5-6-14)29-12-16(18)23(37)33-25(26,27)28/h2-4,11-12,14H,5-10,13,26-28H2,1H3,(H,33,37)(H2,29,30,31,36). The molecular weight excluding hydrogens is 511 g/mol. The van der Waals surface area contributed by atoms with Gasteiger partial charge in [-0.1, -0.05) is 11.2 Å². The number of pyridine rings is 1. The second-order valence-corrected chi connectivity index (χ2v) is 11.0. The van der Waals surface area contributed by atoms with Gasteiger partial charge in [0.2, 0.25) is 5.91 Å². The number of carbonyl (C=O) groups excluding carboxylic acids is 2. The van der Waals surface area contributed by atoms with Crippen molar-refractivity contribution in [3.63, 3.8) is 0 Å². The first-order chi connectivity index (χ1) is 19.2. The van der Waals surface area contributed by atoms with Crippen LogP contribution in [0.5, 0.6) is 5.75 Å². The fraction of sp³-hybridized carbons (Fsp3) is 0.400. The van der Waals surface area contributed by atoms with Crippen molar-refractivity contribution < 1.29 is 23.6 Å². The van der Waals surface area contributed by atoms with E-state index in [2.05, 4.69) is 36.0 Å². The highest BCUT2D eigenvalue weighted by Crippen LogP contribution is 2.38. The van der Waals surface area contributed by atoms with Crippen LogP contribution in [-0.2, 0) is 16.1 Å². The highest BCUT2D eigenvalue weighted by Gasteiger charge is 2.30. The lowest BCUT2D eigenvalue weighted by molar-refractivity contribution is -0.117. The number of benzene rings is 1. The molecule has 0 unspecified atom stereocenters. The van der Waals surface area contributed by atoms with Gasteiger partial charge in [0.1, 0.15) is 29.4 Å². The summed E-state index contributed by atoms with van der Waals surface area (Å²) < 4.78 is 16.8. The Morgan fingerprint density at radius 3 is 2.65 bits per heavy atom. The maximum atomic E-state index is 13.2. The number of nitrogens with one attached hydrogen (secondary N) is 3. The molecule has 1 saturated carbocycles. The van der Waals surface area contributed by atoms with E-state index in [0.29, 0.717) is 65.5 Å². The molecule has 206 valence electrons. The highest BCUT2D eigenvalue weighted by molar-refractivity contribution is 6.60. The third kappa shape index (κ3) is 6.83. The van der Waals surface area contributed by atoms with Gasteiger partial charge in [-0.3, -0.25) is 14.5 Å². The largest absolute Gasteiger partial charge is 0.494 e. The Hall–Kier alpha value is -3.84. The third-order valence-electron chi connectivity index (χ3n) is 6.49. The molecule has 12 nitrogen and oxygen atoms in total. The Bertz CT molecular complexity index is 1390. The summed E-state index contributed by atoms with van der Waals surface area (Å²) in [7, 11) is 7.26. The van der Waals surface area contributed by atoms with Gasteiger partial charge in [0.15, 0.2) is 11.6 Å². The number of nitrogens with zero attached hydrogens (tertiary/aromatic N) is 4. The predicted molar refractivity (Wildman–Crippen MR) is 157 cm³/mol. The minimum absolute atomic E-state index is 0.0152. The van der Waals surface area contributed by atoms with E-state index < -0.39 is 5.24 Å². The van der Waals surface area contributed by atoms with Gasteiger partial charge >= 0.3 is 0 Å². The smallest absolute Gasteiger partial charge is 0.261 e. The van der Waals surface area contributed by atoms with Gasteiger partial charge in [-0.15, -0.1) is 0 Å². The van der Waals surface area contributed by atoms with Crippen molar-refractivity contribution in [2.24, 2.45) is 5.92 Å². The first-order valence-corrected chi connectivity index (χ1v) is 13.4. The van der Waals surface area contributed by atoms with Crippen LogP contribution in [0.4, 0.5) is 17.2 Å². The maximum absolute atomic E-state index is 13.2. The number of aromatic nitrogens is 3. The zero-order chi connectivity index (χ0) is 28.3. The van der Waals surface area contributed by atoms with Crippen molar-refractivity contribution in [2.45, 2.75) is 24.6 Å². The van der Waals surface area contributed by atoms with Crippen LogP contribution in [-0.4, -0.2) is 94.0 Å². The van der Waals surface area contributed by atoms with E-state index in [-0.39, 0.29) is 17.7 Å². The van der Waals surface area contributed by atoms with Gasteiger partial charge in [0, 0.05) is 31.3 Å². The van der Waals surface area contributed by atoms with Gasteiger partial charge in [-0.25, -0.2) is 4.98 Å². The van der Waals surface area contributed by atoms with Crippen LogP contribution >= 0.6 is 0 Å². The minimum Gasteiger partial charge on any atom is -0.494 e. The van der Waals surface area contributed by atoms with Crippen LogP contribution in [0.25, 0.3) is 11.5 Å². The van der Waals surface area contributed by atoms with E-state index >= 15 is 0 Å². The fourth-order valence-corrected chi connectivity index (χ4v) is 4.35. The molecule has 40 heavy (non-hydrogen) atoms. The molecule has 3 aromatic rings. The number of methoxy groups -OCH3 is 1. The Labute approximate surface area is 235 Å². The predicted octanol–water partition coefficient (Wildman–Crippen LogP) is -0.695. The lowest BCUT2D eigenvalue weighted by Gasteiger charge is -2.24. The number of hydrogen-bond donors (Lipinski definition) is 3. The van der Waals surface area contributed by atoms with E-state index in [1.165, 1.54) is 6.20 Å². The Morgan fingerprint density at radius 2 is 1.95 bits per heavy atom. The van der Waals surface area contributed by atoms with Crippen LogP contribution in [0.2, 0.25) is 0 Å². The van der Waals surface area contributed by atoms with Crippen molar-refractivity contribution in [1.29, 1.82) is 0 Å². The minimum atomic E-state index is -0.457. The van der Waals surface area contributed by atoms with Crippen molar-refractivity contribution in [1.82, 2.24) is 25.3 Å². The molecule has 0 radical (unpaired) electrons. The summed E-state index contributed by atoms with van der Waals surface area (Å²) in [4.78, 5) is 36.7. The molecule has 0 bridgehead atoms. The molecule has 5 rings (SSSR count). The zero-order valence-corrected chi connectivity index (χ0v) is 23.2. The Balaban J connectivity index is 1.44. The number of anilines is 3. The summed E-state index contributed by atoms with van der Waals surface area (Å²) in [6, 6.07) is 7.13. The first kappa shape index (κ1) is 27.7. The molecule has 1 aliphatic carbocycles. The molecule has 1 aromatic carbocycles. The molecule has 2 aromatic heterocycles. The second kappa shape index (κ2) is 11.7. The average molecular weight is 543 g/mol. The van der Waals surface area contributed by atoms with Gasteiger partial charge in [0.05, 0.1) is 49.4 Å². The van der Waals surface area contributed by atoms with Crippen molar-refractivity contribution >= 4 is 52.5 Å². The molecule has 1 saturated heterocycles. The lowest BCUT2D eigenvalue weighted by Crippen LogP contribution is -2.50. The van der Waals surface area contributed by atoms with Crippen molar-refractivity contribution in [3.8, 4) is 17.2 Å². The van der Waals surface area contributed by atoms with Crippen molar-refractivity contribution in [3.05, 3.63) is 41.9 Å². The molecule has 3 heterocycles. The number of carbonyl (C=O) groups is 2. The summed E-state index contributed by atoms with van der Waals surface area (Å²) in [6.07, 6.45) is 3.20. The topological polar surface area (TPSA) is 144 Å². The lowest BCUT2D eigenvalue weighted by atomic mass is 9.49. The molecule has 0 atom stereocenters. The molecule has 15 heteroatoms. The monoisotopic (exact) mass is 543 g/mol. The summed E-state index contributed by atoms with van der Waals surface area (Å²) >= 11 is 0. The van der Waals surface area contributed by atoms with Crippen LogP contribution in [0.3, 0.4) is 0 Å².